The molecule has 0 fully saturated rings. The Morgan fingerprint density at radius 3 is 2.54 bits per heavy atom. The predicted octanol–water partition coefficient (Wildman–Crippen LogP) is 4.80. The average molecular weight is 371 g/mol. The number of carbonyl (C=O) groups is 1. The minimum atomic E-state index is -0.746. The Kier molecular flexibility index (Phi) is 4.89. The Morgan fingerprint density at radius 2 is 1.82 bits per heavy atom. The van der Waals surface area contributed by atoms with E-state index >= 15 is 0 Å². The summed E-state index contributed by atoms with van der Waals surface area (Å²) in [5.74, 6) is 0.0521. The van der Waals surface area contributed by atoms with Crippen molar-refractivity contribution >= 4 is 16.9 Å². The molecule has 4 rings (SSSR count). The Bertz CT molecular complexity index is 1120. The number of benzene rings is 2. The lowest BCUT2D eigenvalue weighted by molar-refractivity contribution is -0.137. The van der Waals surface area contributed by atoms with Crippen molar-refractivity contribution < 1.29 is 9.90 Å². The summed E-state index contributed by atoms with van der Waals surface area (Å²) >= 11 is 0. The molecule has 0 aliphatic rings. The molecule has 4 aromatic rings. The molecule has 0 radical (unpaired) electrons. The molecule has 0 bridgehead atoms. The molecule has 0 spiro atoms. The summed E-state index contributed by atoms with van der Waals surface area (Å²) in [4.78, 5) is 15.1. The maximum Gasteiger partial charge on any atom is 0.303 e. The molecule has 5 nitrogen and oxygen atoms in total. The van der Waals surface area contributed by atoms with Crippen molar-refractivity contribution in [3.63, 3.8) is 0 Å². The first kappa shape index (κ1) is 17.9. The zero-order chi connectivity index (χ0) is 19.5. The fourth-order valence-corrected chi connectivity index (χ4v) is 3.41. The van der Waals surface area contributed by atoms with Gasteiger partial charge in [0.25, 0.3) is 0 Å². The van der Waals surface area contributed by atoms with Crippen LogP contribution >= 0.6 is 0 Å². The second-order valence-electron chi connectivity index (χ2n) is 6.86. The summed E-state index contributed by atoms with van der Waals surface area (Å²) in [6.07, 6.45) is 3.40. The highest BCUT2D eigenvalue weighted by Gasteiger charge is 2.11. The first-order chi connectivity index (χ1) is 13.6. The van der Waals surface area contributed by atoms with Crippen LogP contribution in [0.2, 0.25) is 0 Å². The number of aliphatic carboxylic acids is 1. The SMILES string of the molecule is Cc1nn(-c2ccccn2)c2cc(-c3ccc(CCCC(=O)O)cc3)ccc12. The van der Waals surface area contributed by atoms with Gasteiger partial charge in [0.05, 0.1) is 11.2 Å². The van der Waals surface area contributed by atoms with E-state index in [-0.39, 0.29) is 6.42 Å². The van der Waals surface area contributed by atoms with Gasteiger partial charge in [-0.3, -0.25) is 4.79 Å². The number of carboxylic acid groups (broad SMARTS) is 1. The van der Waals surface area contributed by atoms with Gasteiger partial charge >= 0.3 is 5.97 Å². The lowest BCUT2D eigenvalue weighted by atomic mass is 10.0. The van der Waals surface area contributed by atoms with Crippen molar-refractivity contribution in [2.24, 2.45) is 0 Å². The number of aromatic nitrogens is 3. The monoisotopic (exact) mass is 371 g/mol. The molecule has 2 aromatic carbocycles. The molecule has 140 valence electrons. The van der Waals surface area contributed by atoms with Crippen LogP contribution in [0.4, 0.5) is 0 Å². The molecule has 5 heteroatoms. The molecule has 0 amide bonds. The fourth-order valence-electron chi connectivity index (χ4n) is 3.41. The lowest BCUT2D eigenvalue weighted by Gasteiger charge is -2.06. The maximum atomic E-state index is 10.7. The largest absolute Gasteiger partial charge is 0.481 e. The molecule has 0 aliphatic carbocycles. The molecular formula is C23H21N3O2. The van der Waals surface area contributed by atoms with Gasteiger partial charge < -0.3 is 5.11 Å². The summed E-state index contributed by atoms with van der Waals surface area (Å²) in [5.41, 5.74) is 5.39. The van der Waals surface area contributed by atoms with Gasteiger partial charge in [-0.1, -0.05) is 42.5 Å². The molecule has 1 N–H and O–H groups in total. The van der Waals surface area contributed by atoms with E-state index in [4.69, 9.17) is 5.11 Å². The van der Waals surface area contributed by atoms with E-state index in [9.17, 15) is 4.79 Å². The van der Waals surface area contributed by atoms with E-state index < -0.39 is 5.97 Å². The first-order valence-corrected chi connectivity index (χ1v) is 9.34. The molecule has 0 atom stereocenters. The highest BCUT2D eigenvalue weighted by molar-refractivity contribution is 5.87. The van der Waals surface area contributed by atoms with E-state index in [0.717, 1.165) is 45.5 Å². The Morgan fingerprint density at radius 1 is 1.04 bits per heavy atom. The van der Waals surface area contributed by atoms with Crippen LogP contribution in [0.25, 0.3) is 27.8 Å². The van der Waals surface area contributed by atoms with Gasteiger partial charge in [-0.05, 0) is 54.7 Å². The highest BCUT2D eigenvalue weighted by atomic mass is 16.4. The number of hydrogen-bond donors (Lipinski definition) is 1. The normalized spacial score (nSPS) is 11.0. The van der Waals surface area contributed by atoms with Gasteiger partial charge in [0, 0.05) is 18.0 Å². The second-order valence-corrected chi connectivity index (χ2v) is 6.86. The van der Waals surface area contributed by atoms with Gasteiger partial charge in [-0.15, -0.1) is 0 Å². The average Bonchev–Trinajstić information content (AvgIpc) is 3.05. The molecule has 0 saturated carbocycles. The van der Waals surface area contributed by atoms with E-state index in [1.807, 2.05) is 29.8 Å². The maximum absolute atomic E-state index is 10.7. The zero-order valence-electron chi connectivity index (χ0n) is 15.7. The van der Waals surface area contributed by atoms with Gasteiger partial charge in [0.2, 0.25) is 0 Å². The second kappa shape index (κ2) is 7.64. The lowest BCUT2D eigenvalue weighted by Crippen LogP contribution is -1.98. The van der Waals surface area contributed by atoms with Crippen LogP contribution in [0.1, 0.15) is 24.1 Å². The van der Waals surface area contributed by atoms with Crippen LogP contribution in [-0.4, -0.2) is 25.8 Å². The highest BCUT2D eigenvalue weighted by Crippen LogP contribution is 2.28. The van der Waals surface area contributed by atoms with Crippen LogP contribution in [0, 0.1) is 6.92 Å². The Labute approximate surface area is 163 Å². The van der Waals surface area contributed by atoms with Crippen molar-refractivity contribution in [2.75, 3.05) is 0 Å². The van der Waals surface area contributed by atoms with E-state index in [2.05, 4.69) is 52.5 Å². The third-order valence-corrected chi connectivity index (χ3v) is 4.88. The summed E-state index contributed by atoms with van der Waals surface area (Å²) in [7, 11) is 0. The topological polar surface area (TPSA) is 68.0 Å². The van der Waals surface area contributed by atoms with Gasteiger partial charge in [0.1, 0.15) is 0 Å². The van der Waals surface area contributed by atoms with Crippen molar-refractivity contribution in [2.45, 2.75) is 26.2 Å². The zero-order valence-corrected chi connectivity index (χ0v) is 15.7. The first-order valence-electron chi connectivity index (χ1n) is 9.34. The molecule has 28 heavy (non-hydrogen) atoms. The molecule has 2 heterocycles. The van der Waals surface area contributed by atoms with Gasteiger partial charge in [-0.25, -0.2) is 9.67 Å². The Hall–Kier alpha value is -3.47. The van der Waals surface area contributed by atoms with E-state index in [1.54, 1.807) is 6.20 Å². The number of carboxylic acids is 1. The van der Waals surface area contributed by atoms with Crippen LogP contribution < -0.4 is 0 Å². The van der Waals surface area contributed by atoms with Crippen molar-refractivity contribution in [3.8, 4) is 16.9 Å². The third kappa shape index (κ3) is 3.64. The van der Waals surface area contributed by atoms with Crippen molar-refractivity contribution in [3.05, 3.63) is 78.1 Å². The fraction of sp³-hybridized carbons (Fsp3) is 0.174. The van der Waals surface area contributed by atoms with E-state index in [1.165, 1.54) is 0 Å². The van der Waals surface area contributed by atoms with Crippen LogP contribution in [0.15, 0.2) is 66.9 Å². The predicted molar refractivity (Wildman–Crippen MR) is 110 cm³/mol. The standard InChI is InChI=1S/C23H21N3O2/c1-16-20-13-12-19(15-21(20)26(25-16)22-6-2-3-14-24-22)18-10-8-17(9-11-18)5-4-7-23(27)28/h2-3,6,8-15H,4-5,7H2,1H3,(H,27,28). The van der Waals surface area contributed by atoms with Crippen LogP contribution in [0.3, 0.4) is 0 Å². The van der Waals surface area contributed by atoms with Crippen LogP contribution in [0.5, 0.6) is 0 Å². The molecular weight excluding hydrogens is 350 g/mol. The smallest absolute Gasteiger partial charge is 0.303 e. The summed E-state index contributed by atoms with van der Waals surface area (Å²) in [6.45, 7) is 2.01. The molecule has 2 aromatic heterocycles. The van der Waals surface area contributed by atoms with Crippen molar-refractivity contribution in [1.82, 2.24) is 14.8 Å². The van der Waals surface area contributed by atoms with Crippen molar-refractivity contribution in [1.29, 1.82) is 0 Å². The molecule has 0 saturated heterocycles. The molecule has 0 aliphatic heterocycles. The minimum Gasteiger partial charge on any atom is -0.481 e. The minimum absolute atomic E-state index is 0.204. The third-order valence-electron chi connectivity index (χ3n) is 4.88. The van der Waals surface area contributed by atoms with E-state index in [0.29, 0.717) is 6.42 Å². The number of pyridine rings is 1. The van der Waals surface area contributed by atoms with Gasteiger partial charge in [0.15, 0.2) is 5.82 Å². The number of rotatable bonds is 6. The summed E-state index contributed by atoms with van der Waals surface area (Å²) < 4.78 is 1.88. The number of nitrogens with zero attached hydrogens (tertiary/aromatic N) is 3. The van der Waals surface area contributed by atoms with Crippen LogP contribution in [-0.2, 0) is 11.2 Å². The number of hydrogen-bond acceptors (Lipinski definition) is 3. The van der Waals surface area contributed by atoms with Gasteiger partial charge in [-0.2, -0.15) is 5.10 Å². The molecule has 0 unspecified atom stereocenters. The number of aryl methyl sites for hydroxylation is 2. The summed E-state index contributed by atoms with van der Waals surface area (Å²) in [6, 6.07) is 20.5. The summed E-state index contributed by atoms with van der Waals surface area (Å²) in [5, 5.41) is 14.5. The Balaban J connectivity index is 1.65. The number of fused-ring (bicyclic) bond motifs is 1. The quantitative estimate of drug-likeness (QED) is 0.528.